The highest BCUT2D eigenvalue weighted by Crippen LogP contribution is 2.34. The fraction of sp³-hybridized carbons (Fsp3) is 0.533. The average molecular weight is 276 g/mol. The molecule has 1 aliphatic carbocycles. The standard InChI is InChI=1S/C15H18ClN3/c1-10-6-12(9-19(10)13-3-4-13)18-15-5-2-11(8-17)7-14(15)16/h2,5,7,10,12-13,18H,3-4,6,9H2,1H3. The van der Waals surface area contributed by atoms with E-state index in [-0.39, 0.29) is 0 Å². The van der Waals surface area contributed by atoms with Gasteiger partial charge in [-0.25, -0.2) is 0 Å². The van der Waals surface area contributed by atoms with Crippen molar-refractivity contribution in [2.24, 2.45) is 0 Å². The quantitative estimate of drug-likeness (QED) is 0.920. The summed E-state index contributed by atoms with van der Waals surface area (Å²) < 4.78 is 0. The molecule has 1 aromatic rings. The Labute approximate surface area is 119 Å². The molecule has 1 aliphatic heterocycles. The van der Waals surface area contributed by atoms with Crippen molar-refractivity contribution in [3.8, 4) is 6.07 Å². The van der Waals surface area contributed by atoms with Gasteiger partial charge < -0.3 is 5.32 Å². The predicted molar refractivity (Wildman–Crippen MR) is 77.4 cm³/mol. The van der Waals surface area contributed by atoms with Crippen molar-refractivity contribution < 1.29 is 0 Å². The molecular weight excluding hydrogens is 258 g/mol. The van der Waals surface area contributed by atoms with Crippen LogP contribution in [0, 0.1) is 11.3 Å². The molecular formula is C15H18ClN3. The third-order valence-electron chi connectivity index (χ3n) is 4.10. The van der Waals surface area contributed by atoms with Crippen LogP contribution in [0.2, 0.25) is 5.02 Å². The van der Waals surface area contributed by atoms with E-state index < -0.39 is 0 Å². The molecule has 3 nitrogen and oxygen atoms in total. The first-order chi connectivity index (χ1) is 9.17. The monoisotopic (exact) mass is 275 g/mol. The first kappa shape index (κ1) is 12.8. The molecule has 1 saturated heterocycles. The highest BCUT2D eigenvalue weighted by molar-refractivity contribution is 6.33. The molecule has 100 valence electrons. The Morgan fingerprint density at radius 3 is 2.84 bits per heavy atom. The number of nitrogens with zero attached hydrogens (tertiary/aromatic N) is 2. The summed E-state index contributed by atoms with van der Waals surface area (Å²) in [7, 11) is 0. The molecule has 3 rings (SSSR count). The Kier molecular flexibility index (Phi) is 3.38. The van der Waals surface area contributed by atoms with Gasteiger partial charge in [-0.15, -0.1) is 0 Å². The molecule has 0 aromatic heterocycles. The lowest BCUT2D eigenvalue weighted by Gasteiger charge is -2.20. The molecule has 2 unspecified atom stereocenters. The van der Waals surface area contributed by atoms with E-state index in [4.69, 9.17) is 16.9 Å². The Morgan fingerprint density at radius 1 is 1.42 bits per heavy atom. The zero-order valence-electron chi connectivity index (χ0n) is 11.1. The van der Waals surface area contributed by atoms with E-state index in [0.717, 1.165) is 24.7 Å². The van der Waals surface area contributed by atoms with Crippen LogP contribution in [-0.2, 0) is 0 Å². The van der Waals surface area contributed by atoms with E-state index >= 15 is 0 Å². The molecule has 0 spiro atoms. The fourth-order valence-corrected chi connectivity index (χ4v) is 3.23. The van der Waals surface area contributed by atoms with Crippen molar-refractivity contribution in [2.75, 3.05) is 11.9 Å². The summed E-state index contributed by atoms with van der Waals surface area (Å²) in [5.41, 5.74) is 1.55. The van der Waals surface area contributed by atoms with E-state index in [9.17, 15) is 0 Å². The number of hydrogen-bond donors (Lipinski definition) is 1. The third kappa shape index (κ3) is 2.70. The molecule has 0 amide bonds. The number of nitrogens with one attached hydrogen (secondary N) is 1. The van der Waals surface area contributed by atoms with Gasteiger partial charge in [0.1, 0.15) is 0 Å². The number of hydrogen-bond acceptors (Lipinski definition) is 3. The van der Waals surface area contributed by atoms with Crippen molar-refractivity contribution in [1.29, 1.82) is 5.26 Å². The molecule has 0 bridgehead atoms. The van der Waals surface area contributed by atoms with Gasteiger partial charge in [0, 0.05) is 24.7 Å². The molecule has 1 aromatic carbocycles. The van der Waals surface area contributed by atoms with Crippen molar-refractivity contribution in [3.05, 3.63) is 28.8 Å². The molecule has 4 heteroatoms. The summed E-state index contributed by atoms with van der Waals surface area (Å²) >= 11 is 6.21. The topological polar surface area (TPSA) is 39.1 Å². The summed E-state index contributed by atoms with van der Waals surface area (Å²) in [5, 5.41) is 13.0. The highest BCUT2D eigenvalue weighted by Gasteiger charge is 2.38. The summed E-state index contributed by atoms with van der Waals surface area (Å²) in [5.74, 6) is 0. The summed E-state index contributed by atoms with van der Waals surface area (Å²) in [6.07, 6.45) is 3.87. The minimum atomic E-state index is 0.459. The zero-order valence-corrected chi connectivity index (χ0v) is 11.8. The number of likely N-dealkylation sites (tertiary alicyclic amines) is 1. The van der Waals surface area contributed by atoms with E-state index in [1.807, 2.05) is 12.1 Å². The Bertz CT molecular complexity index is 519. The number of benzene rings is 1. The van der Waals surface area contributed by atoms with E-state index in [2.05, 4.69) is 23.2 Å². The van der Waals surface area contributed by atoms with Gasteiger partial charge >= 0.3 is 0 Å². The molecule has 19 heavy (non-hydrogen) atoms. The Morgan fingerprint density at radius 2 is 2.21 bits per heavy atom. The van der Waals surface area contributed by atoms with Crippen LogP contribution in [0.3, 0.4) is 0 Å². The van der Waals surface area contributed by atoms with Crippen molar-refractivity contribution >= 4 is 17.3 Å². The number of nitriles is 1. The van der Waals surface area contributed by atoms with Crippen LogP contribution in [-0.4, -0.2) is 29.6 Å². The lowest BCUT2D eigenvalue weighted by Crippen LogP contribution is -2.31. The average Bonchev–Trinajstić information content (AvgIpc) is 3.17. The summed E-state index contributed by atoms with van der Waals surface area (Å²) in [6, 6.07) is 9.48. The van der Waals surface area contributed by atoms with Crippen LogP contribution < -0.4 is 5.32 Å². The van der Waals surface area contributed by atoms with Crippen LogP contribution >= 0.6 is 11.6 Å². The lowest BCUT2D eigenvalue weighted by molar-refractivity contribution is 0.257. The maximum absolute atomic E-state index is 8.84. The fourth-order valence-electron chi connectivity index (χ4n) is 3.00. The van der Waals surface area contributed by atoms with Crippen LogP contribution in [0.25, 0.3) is 0 Å². The number of rotatable bonds is 3. The first-order valence-corrected chi connectivity index (χ1v) is 7.27. The van der Waals surface area contributed by atoms with Crippen LogP contribution in [0.1, 0.15) is 31.7 Å². The second-order valence-electron chi connectivity index (χ2n) is 5.66. The molecule has 1 N–H and O–H groups in total. The Hall–Kier alpha value is -1.24. The SMILES string of the molecule is CC1CC(Nc2ccc(C#N)cc2Cl)CN1C1CC1. The summed E-state index contributed by atoms with van der Waals surface area (Å²) in [4.78, 5) is 2.61. The van der Waals surface area contributed by atoms with Gasteiger partial charge in [-0.2, -0.15) is 5.26 Å². The lowest BCUT2D eigenvalue weighted by atomic mass is 10.1. The van der Waals surface area contributed by atoms with E-state index in [1.54, 1.807) is 6.07 Å². The normalized spacial score (nSPS) is 27.2. The predicted octanol–water partition coefficient (Wildman–Crippen LogP) is 3.25. The largest absolute Gasteiger partial charge is 0.380 e. The maximum Gasteiger partial charge on any atom is 0.0992 e. The van der Waals surface area contributed by atoms with Crippen molar-refractivity contribution in [2.45, 2.75) is 44.3 Å². The molecule has 1 saturated carbocycles. The molecule has 0 radical (unpaired) electrons. The second kappa shape index (κ2) is 5.03. The van der Waals surface area contributed by atoms with Crippen LogP contribution in [0.15, 0.2) is 18.2 Å². The van der Waals surface area contributed by atoms with Crippen LogP contribution in [0.5, 0.6) is 0 Å². The number of halogens is 1. The van der Waals surface area contributed by atoms with Gasteiger partial charge in [0.15, 0.2) is 0 Å². The van der Waals surface area contributed by atoms with E-state index in [0.29, 0.717) is 22.7 Å². The van der Waals surface area contributed by atoms with Gasteiger partial charge in [-0.3, -0.25) is 4.90 Å². The smallest absolute Gasteiger partial charge is 0.0992 e. The summed E-state index contributed by atoms with van der Waals surface area (Å²) in [6.45, 7) is 3.41. The van der Waals surface area contributed by atoms with Gasteiger partial charge in [-0.05, 0) is 44.4 Å². The molecule has 2 atom stereocenters. The van der Waals surface area contributed by atoms with E-state index in [1.165, 1.54) is 12.8 Å². The third-order valence-corrected chi connectivity index (χ3v) is 4.41. The second-order valence-corrected chi connectivity index (χ2v) is 6.07. The zero-order chi connectivity index (χ0) is 13.4. The van der Waals surface area contributed by atoms with Gasteiger partial charge in [0.25, 0.3) is 0 Å². The van der Waals surface area contributed by atoms with Gasteiger partial charge in [0.05, 0.1) is 22.3 Å². The van der Waals surface area contributed by atoms with Crippen LogP contribution in [0.4, 0.5) is 5.69 Å². The molecule has 2 fully saturated rings. The minimum absolute atomic E-state index is 0.459. The highest BCUT2D eigenvalue weighted by atomic mass is 35.5. The molecule has 2 aliphatic rings. The number of anilines is 1. The maximum atomic E-state index is 8.84. The minimum Gasteiger partial charge on any atom is -0.380 e. The van der Waals surface area contributed by atoms with Crippen molar-refractivity contribution in [3.63, 3.8) is 0 Å². The Balaban J connectivity index is 1.67. The first-order valence-electron chi connectivity index (χ1n) is 6.89. The van der Waals surface area contributed by atoms with Gasteiger partial charge in [-0.1, -0.05) is 11.6 Å². The molecule has 1 heterocycles. The van der Waals surface area contributed by atoms with Gasteiger partial charge in [0.2, 0.25) is 0 Å². The van der Waals surface area contributed by atoms with Crippen molar-refractivity contribution in [1.82, 2.24) is 4.90 Å².